The van der Waals surface area contributed by atoms with Gasteiger partial charge in [0.15, 0.2) is 0 Å². The first kappa shape index (κ1) is 45.8. The lowest BCUT2D eigenvalue weighted by molar-refractivity contribution is -0.385. The molecule has 2 saturated heterocycles. The molecule has 2 atom stereocenters. The van der Waals surface area contributed by atoms with Gasteiger partial charge >= 0.3 is 0 Å². The van der Waals surface area contributed by atoms with Gasteiger partial charge in [0.05, 0.1) is 55.1 Å². The van der Waals surface area contributed by atoms with Crippen LogP contribution in [0, 0.1) is 24.0 Å². The molecule has 14 nitrogen and oxygen atoms in total. The molecule has 2 amide bonds. The van der Waals surface area contributed by atoms with E-state index in [0.29, 0.717) is 73.9 Å². The third-order valence-corrected chi connectivity index (χ3v) is 10.4. The summed E-state index contributed by atoms with van der Waals surface area (Å²) in [5.74, 6) is 0.913. The second kappa shape index (κ2) is 23.5. The fourth-order valence-corrected chi connectivity index (χ4v) is 7.09. The Labute approximate surface area is 330 Å². The number of hydrogen-bond donors (Lipinski definition) is 3. The van der Waals surface area contributed by atoms with Crippen molar-refractivity contribution in [3.05, 3.63) is 56.6 Å². The topological polar surface area (TPSA) is 203 Å². The Bertz CT molecular complexity index is 1650. The molecule has 0 unspecified atom stereocenters. The van der Waals surface area contributed by atoms with Crippen molar-refractivity contribution in [3.63, 3.8) is 0 Å². The number of likely N-dealkylation sites (tertiary alicyclic amines) is 2. The number of anilines is 1. The Kier molecular flexibility index (Phi) is 19.2. The molecule has 14 heteroatoms. The van der Waals surface area contributed by atoms with Gasteiger partial charge in [0.25, 0.3) is 17.5 Å². The standard InChI is InChI=1S/C21H30N2O6.C21H32N2O4/c1-15-12-18(21(26)22-10-6-5-9-17(22)14-24)19(23(27)28)13-20(15)29-11-7-3-4-8-16(2)25;1-15-12-18(21(26)23-10-6-5-9-17(23)14-24)19(22)13-20(15)27-11-7-3-4-8-16(2)25/h12-13,17,24H,3-11,14H2,1-2H3;12-13,17,24H,3-11,14,22H2,1-2H3/t2*17-/m00/s1. The monoisotopic (exact) mass is 782 g/mol. The highest BCUT2D eigenvalue weighted by Gasteiger charge is 2.32. The van der Waals surface area contributed by atoms with E-state index in [4.69, 9.17) is 15.2 Å². The van der Waals surface area contributed by atoms with Gasteiger partial charge in [0, 0.05) is 37.7 Å². The molecular formula is C42H62N4O10. The van der Waals surface area contributed by atoms with Crippen LogP contribution in [0.25, 0.3) is 0 Å². The van der Waals surface area contributed by atoms with Crippen molar-refractivity contribution in [3.8, 4) is 11.5 Å². The van der Waals surface area contributed by atoms with Crippen molar-refractivity contribution in [1.29, 1.82) is 0 Å². The first-order valence-corrected chi connectivity index (χ1v) is 20.1. The summed E-state index contributed by atoms with van der Waals surface area (Å²) in [5.41, 5.74) is 8.29. The number of nitrogens with two attached hydrogens (primary N) is 1. The molecule has 310 valence electrons. The van der Waals surface area contributed by atoms with E-state index in [0.717, 1.165) is 76.2 Å². The van der Waals surface area contributed by atoms with Crippen molar-refractivity contribution >= 4 is 34.8 Å². The van der Waals surface area contributed by atoms with E-state index in [1.165, 1.54) is 12.1 Å². The predicted octanol–water partition coefficient (Wildman–Crippen LogP) is 6.51. The molecule has 0 aliphatic carbocycles. The second-order valence-electron chi connectivity index (χ2n) is 15.0. The quantitative estimate of drug-likeness (QED) is 0.0607. The Morgan fingerprint density at radius 2 is 1.16 bits per heavy atom. The van der Waals surface area contributed by atoms with Crippen LogP contribution in [0.3, 0.4) is 0 Å². The van der Waals surface area contributed by atoms with E-state index in [1.807, 2.05) is 6.92 Å². The number of ketones is 2. The zero-order valence-corrected chi connectivity index (χ0v) is 33.7. The smallest absolute Gasteiger partial charge is 0.285 e. The van der Waals surface area contributed by atoms with Gasteiger partial charge in [-0.2, -0.15) is 0 Å². The van der Waals surface area contributed by atoms with E-state index in [-0.39, 0.29) is 54.0 Å². The van der Waals surface area contributed by atoms with E-state index in [2.05, 4.69) is 0 Å². The van der Waals surface area contributed by atoms with Gasteiger partial charge in [0.2, 0.25) is 0 Å². The molecule has 2 fully saturated rings. The minimum absolute atomic E-state index is 0.0184. The fourth-order valence-electron chi connectivity index (χ4n) is 7.09. The number of benzene rings is 2. The molecule has 0 spiro atoms. The molecule has 0 radical (unpaired) electrons. The number of unbranched alkanes of at least 4 members (excludes halogenated alkanes) is 4. The van der Waals surface area contributed by atoms with Gasteiger partial charge in [0.1, 0.15) is 28.6 Å². The number of aryl methyl sites for hydroxylation is 2. The zero-order chi connectivity index (χ0) is 41.2. The zero-order valence-electron chi connectivity index (χ0n) is 33.7. The summed E-state index contributed by atoms with van der Waals surface area (Å²) < 4.78 is 11.5. The van der Waals surface area contributed by atoms with Crippen LogP contribution < -0.4 is 15.2 Å². The third-order valence-electron chi connectivity index (χ3n) is 10.4. The lowest BCUT2D eigenvalue weighted by Crippen LogP contribution is -2.45. The van der Waals surface area contributed by atoms with Crippen LogP contribution in [0.4, 0.5) is 11.4 Å². The SMILES string of the molecule is CC(=O)CCCCCOc1cc(N)c(C(=O)N2CCCC[C@H]2CO)cc1C.CC(=O)CCCCCOc1cc([N+](=O)[O-])c(C(=O)N2CCCC[C@H]2CO)cc1C. The molecule has 0 aromatic heterocycles. The second-order valence-corrected chi connectivity index (χ2v) is 15.0. The largest absolute Gasteiger partial charge is 0.493 e. The number of Topliss-reactive ketones (excluding diaryl/α,β-unsaturated/α-hetero) is 2. The maximum atomic E-state index is 13.0. The van der Waals surface area contributed by atoms with Crippen LogP contribution in [-0.4, -0.2) is 99.9 Å². The van der Waals surface area contributed by atoms with Crippen LogP contribution >= 0.6 is 0 Å². The summed E-state index contributed by atoms with van der Waals surface area (Å²) in [4.78, 5) is 62.1. The summed E-state index contributed by atoms with van der Waals surface area (Å²) in [7, 11) is 0. The highest BCUT2D eigenvalue weighted by atomic mass is 16.6. The molecule has 0 bridgehead atoms. The molecule has 56 heavy (non-hydrogen) atoms. The van der Waals surface area contributed by atoms with Gasteiger partial charge < -0.3 is 44.8 Å². The molecule has 4 rings (SSSR count). The van der Waals surface area contributed by atoms with Crippen molar-refractivity contribution in [2.24, 2.45) is 0 Å². The number of nitro groups is 1. The molecule has 2 aromatic carbocycles. The first-order chi connectivity index (χ1) is 26.8. The molecule has 2 aliphatic heterocycles. The third kappa shape index (κ3) is 13.9. The summed E-state index contributed by atoms with van der Waals surface area (Å²) in [6.07, 6.45) is 11.5. The molecule has 2 aliphatic rings. The van der Waals surface area contributed by atoms with Crippen LogP contribution in [0.15, 0.2) is 24.3 Å². The summed E-state index contributed by atoms with van der Waals surface area (Å²) in [6, 6.07) is 5.89. The normalized spacial score (nSPS) is 16.8. The number of amides is 2. The Morgan fingerprint density at radius 3 is 1.61 bits per heavy atom. The highest BCUT2D eigenvalue weighted by molar-refractivity contribution is 6.00. The molecular weight excluding hydrogens is 720 g/mol. The van der Waals surface area contributed by atoms with E-state index in [9.17, 15) is 39.5 Å². The number of aliphatic hydroxyl groups excluding tert-OH is 2. The predicted molar refractivity (Wildman–Crippen MR) is 214 cm³/mol. The number of rotatable bonds is 19. The Balaban J connectivity index is 0.000000301. The molecule has 4 N–H and O–H groups in total. The lowest BCUT2D eigenvalue weighted by Gasteiger charge is -2.35. The fraction of sp³-hybridized carbons (Fsp3) is 0.619. The Morgan fingerprint density at radius 1 is 0.714 bits per heavy atom. The van der Waals surface area contributed by atoms with E-state index >= 15 is 0 Å². The van der Waals surface area contributed by atoms with Crippen molar-refractivity contribution in [2.75, 3.05) is 45.3 Å². The summed E-state index contributed by atoms with van der Waals surface area (Å²) >= 11 is 0. The minimum Gasteiger partial charge on any atom is -0.493 e. The number of aliphatic hydroxyl groups is 2. The van der Waals surface area contributed by atoms with Gasteiger partial charge in [-0.3, -0.25) is 19.7 Å². The van der Waals surface area contributed by atoms with Gasteiger partial charge in [-0.15, -0.1) is 0 Å². The van der Waals surface area contributed by atoms with Crippen molar-refractivity contribution in [2.45, 2.75) is 130 Å². The van der Waals surface area contributed by atoms with Crippen molar-refractivity contribution < 1.29 is 43.8 Å². The van der Waals surface area contributed by atoms with Crippen LogP contribution in [0.5, 0.6) is 11.5 Å². The van der Waals surface area contributed by atoms with Gasteiger partial charge in [-0.25, -0.2) is 0 Å². The van der Waals surface area contributed by atoms with Gasteiger partial charge in [-0.05, 0) is 128 Å². The minimum atomic E-state index is -0.565. The van der Waals surface area contributed by atoms with Crippen LogP contribution in [0.1, 0.15) is 136 Å². The van der Waals surface area contributed by atoms with E-state index in [1.54, 1.807) is 42.7 Å². The first-order valence-electron chi connectivity index (χ1n) is 20.1. The average molecular weight is 783 g/mol. The molecule has 2 heterocycles. The number of piperidine rings is 2. The number of ether oxygens (including phenoxy) is 2. The number of hydrogen-bond acceptors (Lipinski definition) is 11. The molecule has 0 saturated carbocycles. The number of nitro benzene ring substituents is 1. The highest BCUT2D eigenvalue weighted by Crippen LogP contribution is 2.32. The summed E-state index contributed by atoms with van der Waals surface area (Å²) in [5, 5.41) is 30.7. The number of carbonyl (C=O) groups excluding carboxylic acids is 4. The molecule has 2 aromatic rings. The Hall–Kier alpha value is -4.56. The maximum Gasteiger partial charge on any atom is 0.285 e. The lowest BCUT2D eigenvalue weighted by atomic mass is 10.00. The number of nitrogens with zero attached hydrogens (tertiary/aromatic N) is 3. The number of carbonyl (C=O) groups is 4. The summed E-state index contributed by atoms with van der Waals surface area (Å²) in [6.45, 7) is 8.75. The van der Waals surface area contributed by atoms with Crippen LogP contribution in [0.2, 0.25) is 0 Å². The van der Waals surface area contributed by atoms with Crippen molar-refractivity contribution in [1.82, 2.24) is 9.80 Å². The van der Waals surface area contributed by atoms with Crippen LogP contribution in [-0.2, 0) is 9.59 Å². The maximum absolute atomic E-state index is 13.0. The average Bonchev–Trinajstić information content (AvgIpc) is 3.18. The van der Waals surface area contributed by atoms with E-state index < -0.39 is 10.8 Å². The van der Waals surface area contributed by atoms with Gasteiger partial charge in [-0.1, -0.05) is 0 Å². The number of nitrogen functional groups attached to an aromatic ring is 1.